The lowest BCUT2D eigenvalue weighted by Crippen LogP contribution is -2.23. The predicted molar refractivity (Wildman–Crippen MR) is 121 cm³/mol. The monoisotopic (exact) mass is 426 g/mol. The number of carbonyl (C=O) groups excluding carboxylic acids is 2. The summed E-state index contributed by atoms with van der Waals surface area (Å²) < 4.78 is 1.55. The van der Waals surface area contributed by atoms with Gasteiger partial charge in [-0.1, -0.05) is 29.8 Å². The minimum atomic E-state index is -0.189. The van der Waals surface area contributed by atoms with Crippen molar-refractivity contribution in [1.82, 2.24) is 25.5 Å². The molecule has 1 aromatic heterocycles. The Balaban J connectivity index is 1.38. The van der Waals surface area contributed by atoms with Gasteiger partial charge < -0.3 is 10.6 Å². The number of nitrogens with zero attached hydrogens (tertiary/aromatic N) is 4. The van der Waals surface area contributed by atoms with E-state index in [1.54, 1.807) is 28.9 Å². The molecular weight excluding hydrogens is 404 g/mol. The van der Waals surface area contributed by atoms with Crippen LogP contribution in [0.5, 0.6) is 0 Å². The van der Waals surface area contributed by atoms with Gasteiger partial charge in [0, 0.05) is 23.4 Å². The summed E-state index contributed by atoms with van der Waals surface area (Å²) in [6.07, 6.45) is 1.51. The molecule has 8 heteroatoms. The second-order valence-electron chi connectivity index (χ2n) is 7.46. The van der Waals surface area contributed by atoms with E-state index in [2.05, 4.69) is 26.2 Å². The second kappa shape index (κ2) is 9.22. The van der Waals surface area contributed by atoms with Gasteiger partial charge in [0.15, 0.2) is 0 Å². The molecule has 0 aliphatic carbocycles. The number of nitrogens with one attached hydrogen (secondary N) is 2. The predicted octanol–water partition coefficient (Wildman–Crippen LogP) is 3.46. The highest BCUT2D eigenvalue weighted by Gasteiger charge is 2.10. The summed E-state index contributed by atoms with van der Waals surface area (Å²) in [7, 11) is 0. The van der Waals surface area contributed by atoms with Crippen molar-refractivity contribution in [2.24, 2.45) is 0 Å². The molecular formula is C24H22N6O2. The average Bonchev–Trinajstić information content (AvgIpc) is 3.32. The zero-order valence-electron chi connectivity index (χ0n) is 17.7. The third kappa shape index (κ3) is 4.86. The van der Waals surface area contributed by atoms with Gasteiger partial charge in [0.25, 0.3) is 11.8 Å². The van der Waals surface area contributed by atoms with E-state index < -0.39 is 0 Å². The topological polar surface area (TPSA) is 102 Å². The van der Waals surface area contributed by atoms with Crippen molar-refractivity contribution >= 4 is 17.5 Å². The van der Waals surface area contributed by atoms with Crippen LogP contribution in [-0.4, -0.2) is 32.0 Å². The molecule has 2 amide bonds. The van der Waals surface area contributed by atoms with Crippen LogP contribution in [-0.2, 0) is 6.54 Å². The fourth-order valence-electron chi connectivity index (χ4n) is 3.28. The van der Waals surface area contributed by atoms with Crippen LogP contribution < -0.4 is 10.6 Å². The number of rotatable bonds is 6. The summed E-state index contributed by atoms with van der Waals surface area (Å²) in [6, 6.07) is 20.1. The lowest BCUT2D eigenvalue weighted by atomic mass is 10.1. The van der Waals surface area contributed by atoms with Gasteiger partial charge in [-0.2, -0.15) is 0 Å². The molecule has 0 aliphatic heterocycles. The van der Waals surface area contributed by atoms with Gasteiger partial charge in [0.1, 0.15) is 6.33 Å². The second-order valence-corrected chi connectivity index (χ2v) is 7.46. The molecule has 0 radical (unpaired) electrons. The molecule has 0 spiro atoms. The van der Waals surface area contributed by atoms with Gasteiger partial charge >= 0.3 is 0 Å². The van der Waals surface area contributed by atoms with E-state index in [-0.39, 0.29) is 11.8 Å². The molecule has 0 atom stereocenters. The molecule has 2 N–H and O–H groups in total. The van der Waals surface area contributed by atoms with E-state index in [0.717, 1.165) is 22.4 Å². The Hall–Kier alpha value is -4.33. The molecule has 3 aromatic carbocycles. The molecule has 160 valence electrons. The standard InChI is InChI=1S/C24H22N6O2/c1-16-6-8-19(9-7-16)24(32)27-21-5-3-4-18(13-21)14-25-23(31)20-10-11-22(17(2)12-20)30-15-26-28-29-30/h3-13,15H,14H2,1-2H3,(H,25,31)(H,27,32). The molecule has 0 fully saturated rings. The normalized spacial score (nSPS) is 10.6. The molecule has 4 rings (SSSR count). The van der Waals surface area contributed by atoms with Gasteiger partial charge in [-0.15, -0.1) is 5.10 Å². The molecule has 0 bridgehead atoms. The van der Waals surface area contributed by atoms with Crippen molar-refractivity contribution in [1.29, 1.82) is 0 Å². The highest BCUT2D eigenvalue weighted by atomic mass is 16.2. The van der Waals surface area contributed by atoms with Crippen LogP contribution in [0.15, 0.2) is 73.1 Å². The number of amides is 2. The third-order valence-electron chi connectivity index (χ3n) is 5.01. The van der Waals surface area contributed by atoms with Crippen molar-refractivity contribution in [2.75, 3.05) is 5.32 Å². The Morgan fingerprint density at radius 1 is 0.906 bits per heavy atom. The van der Waals surface area contributed by atoms with Crippen molar-refractivity contribution in [3.8, 4) is 5.69 Å². The molecule has 32 heavy (non-hydrogen) atoms. The first-order valence-corrected chi connectivity index (χ1v) is 10.1. The van der Waals surface area contributed by atoms with Crippen LogP contribution in [0.1, 0.15) is 37.4 Å². The summed E-state index contributed by atoms with van der Waals surface area (Å²) in [5.74, 6) is -0.366. The summed E-state index contributed by atoms with van der Waals surface area (Å²) >= 11 is 0. The first kappa shape index (κ1) is 20.9. The molecule has 0 unspecified atom stereocenters. The van der Waals surface area contributed by atoms with Crippen molar-refractivity contribution in [3.63, 3.8) is 0 Å². The van der Waals surface area contributed by atoms with E-state index in [1.165, 1.54) is 6.33 Å². The van der Waals surface area contributed by atoms with Crippen molar-refractivity contribution in [2.45, 2.75) is 20.4 Å². The number of hydrogen-bond donors (Lipinski definition) is 2. The lowest BCUT2D eigenvalue weighted by molar-refractivity contribution is 0.0950. The number of benzene rings is 3. The fraction of sp³-hybridized carbons (Fsp3) is 0.125. The molecule has 8 nitrogen and oxygen atoms in total. The maximum Gasteiger partial charge on any atom is 0.255 e. The summed E-state index contributed by atoms with van der Waals surface area (Å²) in [5.41, 5.74) is 5.47. The van der Waals surface area contributed by atoms with Gasteiger partial charge in [0.05, 0.1) is 5.69 Å². The average molecular weight is 426 g/mol. The van der Waals surface area contributed by atoms with Crippen LogP contribution in [0, 0.1) is 13.8 Å². The Labute approximate surface area is 185 Å². The van der Waals surface area contributed by atoms with E-state index in [0.29, 0.717) is 23.4 Å². The van der Waals surface area contributed by atoms with E-state index in [4.69, 9.17) is 0 Å². The first-order valence-electron chi connectivity index (χ1n) is 10.1. The number of hydrogen-bond acceptors (Lipinski definition) is 5. The number of aryl methyl sites for hydroxylation is 2. The molecule has 0 saturated carbocycles. The van der Waals surface area contributed by atoms with Crippen LogP contribution >= 0.6 is 0 Å². The largest absolute Gasteiger partial charge is 0.348 e. The number of anilines is 1. The van der Waals surface area contributed by atoms with Crippen LogP contribution in [0.3, 0.4) is 0 Å². The first-order chi connectivity index (χ1) is 15.5. The molecule has 4 aromatic rings. The number of tetrazole rings is 1. The smallest absolute Gasteiger partial charge is 0.255 e. The van der Waals surface area contributed by atoms with Crippen LogP contribution in [0.25, 0.3) is 5.69 Å². The summed E-state index contributed by atoms with van der Waals surface area (Å²) in [4.78, 5) is 25.1. The maximum absolute atomic E-state index is 12.6. The van der Waals surface area contributed by atoms with Gasteiger partial charge in [-0.25, -0.2) is 4.68 Å². The van der Waals surface area contributed by atoms with Gasteiger partial charge in [0.2, 0.25) is 0 Å². The number of carbonyl (C=O) groups is 2. The molecule has 1 heterocycles. The minimum Gasteiger partial charge on any atom is -0.348 e. The minimum absolute atomic E-state index is 0.177. The summed E-state index contributed by atoms with van der Waals surface area (Å²) in [5, 5.41) is 17.0. The highest BCUT2D eigenvalue weighted by Crippen LogP contribution is 2.16. The number of aromatic nitrogens is 4. The zero-order chi connectivity index (χ0) is 22.5. The van der Waals surface area contributed by atoms with Crippen LogP contribution in [0.2, 0.25) is 0 Å². The van der Waals surface area contributed by atoms with Crippen molar-refractivity contribution in [3.05, 3.63) is 101 Å². The van der Waals surface area contributed by atoms with Crippen LogP contribution in [0.4, 0.5) is 5.69 Å². The fourth-order valence-corrected chi connectivity index (χ4v) is 3.28. The maximum atomic E-state index is 12.6. The van der Waals surface area contributed by atoms with Gasteiger partial charge in [-0.3, -0.25) is 9.59 Å². The third-order valence-corrected chi connectivity index (χ3v) is 5.01. The van der Waals surface area contributed by atoms with E-state index >= 15 is 0 Å². The van der Waals surface area contributed by atoms with E-state index in [1.807, 2.05) is 56.3 Å². The highest BCUT2D eigenvalue weighted by molar-refractivity contribution is 6.04. The SMILES string of the molecule is Cc1ccc(C(=O)Nc2cccc(CNC(=O)c3ccc(-n4cnnn4)c(C)c3)c2)cc1. The zero-order valence-corrected chi connectivity index (χ0v) is 17.7. The van der Waals surface area contributed by atoms with E-state index in [9.17, 15) is 9.59 Å². The van der Waals surface area contributed by atoms with Gasteiger partial charge in [-0.05, 0) is 77.9 Å². The summed E-state index contributed by atoms with van der Waals surface area (Å²) in [6.45, 7) is 4.21. The lowest BCUT2D eigenvalue weighted by Gasteiger charge is -2.10. The Kier molecular flexibility index (Phi) is 6.03. The molecule has 0 saturated heterocycles. The quantitative estimate of drug-likeness (QED) is 0.492. The Morgan fingerprint density at radius 2 is 1.69 bits per heavy atom. The van der Waals surface area contributed by atoms with Crippen molar-refractivity contribution < 1.29 is 9.59 Å². The molecule has 0 aliphatic rings. The Bertz CT molecular complexity index is 1250. The Morgan fingerprint density at radius 3 is 2.41 bits per heavy atom.